The van der Waals surface area contributed by atoms with Crippen LogP contribution in [0.25, 0.3) is 0 Å². The first-order chi connectivity index (χ1) is 12.6. The Kier molecular flexibility index (Phi) is 5.75. The summed E-state index contributed by atoms with van der Waals surface area (Å²) in [5, 5.41) is 4.99. The molecular weight excluding hydrogens is 370 g/mol. The van der Waals surface area contributed by atoms with Gasteiger partial charge < -0.3 is 10.1 Å². The summed E-state index contributed by atoms with van der Waals surface area (Å²) >= 11 is 1.17. The highest BCUT2D eigenvalue weighted by Gasteiger charge is 2.15. The Morgan fingerprint density at radius 2 is 1.92 bits per heavy atom. The number of hydrogen-bond donors (Lipinski definition) is 2. The number of anilines is 2. The van der Waals surface area contributed by atoms with Gasteiger partial charge in [-0.3, -0.25) is 4.72 Å². The van der Waals surface area contributed by atoms with Crippen LogP contribution in [0.15, 0.2) is 64.3 Å². The Bertz CT molecular complexity index is 923. The summed E-state index contributed by atoms with van der Waals surface area (Å²) in [6.07, 6.45) is 2.47. The van der Waals surface area contributed by atoms with Gasteiger partial charge in [0.1, 0.15) is 15.8 Å². The standard InChI is InChI=1S/C18H19N3O3S2/c1-24-16-7-4-14(5-8-16)10-11-19-15-6-9-17(20-13-15)21-26(22,23)18-3-2-12-25-18/h2-9,12-13,19H,10-11H2,1H3,(H,20,21). The number of nitrogens with zero attached hydrogens (tertiary/aromatic N) is 1. The summed E-state index contributed by atoms with van der Waals surface area (Å²) in [6, 6.07) is 14.6. The number of ether oxygens (including phenoxy) is 1. The van der Waals surface area contributed by atoms with Gasteiger partial charge in [-0.05, 0) is 47.7 Å². The lowest BCUT2D eigenvalue weighted by Crippen LogP contribution is -2.12. The molecule has 3 aromatic rings. The molecule has 0 fully saturated rings. The summed E-state index contributed by atoms with van der Waals surface area (Å²) in [5.41, 5.74) is 2.03. The highest BCUT2D eigenvalue weighted by molar-refractivity contribution is 7.94. The van der Waals surface area contributed by atoms with Crippen LogP contribution >= 0.6 is 11.3 Å². The Morgan fingerprint density at radius 3 is 2.54 bits per heavy atom. The van der Waals surface area contributed by atoms with Gasteiger partial charge in [-0.2, -0.15) is 0 Å². The van der Waals surface area contributed by atoms with E-state index >= 15 is 0 Å². The molecule has 0 aliphatic carbocycles. The van der Waals surface area contributed by atoms with Gasteiger partial charge in [0.25, 0.3) is 10.0 Å². The van der Waals surface area contributed by atoms with Crippen molar-refractivity contribution in [1.82, 2.24) is 4.98 Å². The average molecular weight is 390 g/mol. The summed E-state index contributed by atoms with van der Waals surface area (Å²) in [5.74, 6) is 1.13. The summed E-state index contributed by atoms with van der Waals surface area (Å²) in [7, 11) is -1.92. The van der Waals surface area contributed by atoms with E-state index in [1.807, 2.05) is 24.3 Å². The first-order valence-corrected chi connectivity index (χ1v) is 10.3. The molecule has 2 heterocycles. The van der Waals surface area contributed by atoms with Crippen LogP contribution in [0.2, 0.25) is 0 Å². The fourth-order valence-corrected chi connectivity index (χ4v) is 4.31. The van der Waals surface area contributed by atoms with Crippen molar-refractivity contribution in [2.75, 3.05) is 23.7 Å². The first-order valence-electron chi connectivity index (χ1n) is 7.96. The Labute approximate surface area is 156 Å². The number of benzene rings is 1. The van der Waals surface area contributed by atoms with Crippen molar-refractivity contribution in [3.8, 4) is 5.75 Å². The fourth-order valence-electron chi connectivity index (χ4n) is 2.31. The maximum Gasteiger partial charge on any atom is 0.272 e. The lowest BCUT2D eigenvalue weighted by molar-refractivity contribution is 0.414. The van der Waals surface area contributed by atoms with E-state index in [4.69, 9.17) is 4.74 Å². The lowest BCUT2D eigenvalue weighted by Gasteiger charge is -2.09. The minimum atomic E-state index is -3.57. The number of methoxy groups -OCH3 is 1. The molecule has 26 heavy (non-hydrogen) atoms. The number of rotatable bonds is 8. The van der Waals surface area contributed by atoms with E-state index < -0.39 is 10.0 Å². The molecule has 0 unspecified atom stereocenters. The van der Waals surface area contributed by atoms with Crippen molar-refractivity contribution in [3.63, 3.8) is 0 Å². The quantitative estimate of drug-likeness (QED) is 0.615. The van der Waals surface area contributed by atoms with Gasteiger partial charge in [0, 0.05) is 6.54 Å². The lowest BCUT2D eigenvalue weighted by atomic mass is 10.1. The van der Waals surface area contributed by atoms with E-state index in [0.29, 0.717) is 5.82 Å². The maximum atomic E-state index is 12.2. The van der Waals surface area contributed by atoms with Crippen LogP contribution in [0.4, 0.5) is 11.5 Å². The number of nitrogens with one attached hydrogen (secondary N) is 2. The molecule has 0 saturated carbocycles. The summed E-state index contributed by atoms with van der Waals surface area (Å²) < 4.78 is 32.2. The van der Waals surface area contributed by atoms with Gasteiger partial charge >= 0.3 is 0 Å². The molecule has 8 heteroatoms. The third-order valence-electron chi connectivity index (χ3n) is 3.66. The summed E-state index contributed by atoms with van der Waals surface area (Å²) in [4.78, 5) is 4.16. The predicted octanol–water partition coefficient (Wildman–Crippen LogP) is 3.61. The number of pyridine rings is 1. The molecule has 0 aliphatic heterocycles. The Balaban J connectivity index is 1.52. The number of thiophene rings is 1. The second-order valence-corrected chi connectivity index (χ2v) is 8.35. The Morgan fingerprint density at radius 1 is 1.12 bits per heavy atom. The number of aromatic nitrogens is 1. The molecule has 0 spiro atoms. The van der Waals surface area contributed by atoms with Gasteiger partial charge in [0.05, 0.1) is 19.0 Å². The molecule has 2 aromatic heterocycles. The van der Waals surface area contributed by atoms with Crippen LogP contribution in [0, 0.1) is 0 Å². The predicted molar refractivity (Wildman–Crippen MR) is 105 cm³/mol. The average Bonchev–Trinajstić information content (AvgIpc) is 3.19. The van der Waals surface area contributed by atoms with Crippen molar-refractivity contribution < 1.29 is 13.2 Å². The third kappa shape index (κ3) is 4.74. The number of sulfonamides is 1. The smallest absolute Gasteiger partial charge is 0.272 e. The van der Waals surface area contributed by atoms with Crippen LogP contribution in [0.1, 0.15) is 5.56 Å². The fraction of sp³-hybridized carbons (Fsp3) is 0.167. The molecule has 0 atom stereocenters. The molecular formula is C18H19N3O3S2. The second kappa shape index (κ2) is 8.20. The molecule has 6 nitrogen and oxygen atoms in total. The van der Waals surface area contributed by atoms with E-state index in [-0.39, 0.29) is 4.21 Å². The Hall–Kier alpha value is -2.58. The minimum Gasteiger partial charge on any atom is -0.497 e. The zero-order chi connectivity index (χ0) is 18.4. The van der Waals surface area contributed by atoms with Crippen LogP contribution in [-0.4, -0.2) is 27.1 Å². The maximum absolute atomic E-state index is 12.2. The van der Waals surface area contributed by atoms with Crippen molar-refractivity contribution in [3.05, 3.63) is 65.7 Å². The molecule has 0 bridgehead atoms. The van der Waals surface area contributed by atoms with Crippen molar-refractivity contribution in [2.24, 2.45) is 0 Å². The molecule has 0 amide bonds. The third-order valence-corrected chi connectivity index (χ3v) is 6.42. The zero-order valence-corrected chi connectivity index (χ0v) is 15.8. The van der Waals surface area contributed by atoms with Crippen LogP contribution in [0.3, 0.4) is 0 Å². The van der Waals surface area contributed by atoms with Crippen molar-refractivity contribution in [2.45, 2.75) is 10.6 Å². The largest absolute Gasteiger partial charge is 0.497 e. The molecule has 2 N–H and O–H groups in total. The molecule has 0 aliphatic rings. The zero-order valence-electron chi connectivity index (χ0n) is 14.2. The van der Waals surface area contributed by atoms with Crippen LogP contribution < -0.4 is 14.8 Å². The van der Waals surface area contributed by atoms with Crippen molar-refractivity contribution in [1.29, 1.82) is 0 Å². The molecule has 3 rings (SSSR count). The topological polar surface area (TPSA) is 80.3 Å². The van der Waals surface area contributed by atoms with Crippen molar-refractivity contribution >= 4 is 32.9 Å². The van der Waals surface area contributed by atoms with E-state index in [9.17, 15) is 8.42 Å². The molecule has 1 aromatic carbocycles. The van der Waals surface area contributed by atoms with E-state index in [1.54, 1.807) is 43.0 Å². The van der Waals surface area contributed by atoms with Gasteiger partial charge in [-0.15, -0.1) is 11.3 Å². The molecule has 136 valence electrons. The van der Waals surface area contributed by atoms with Gasteiger partial charge in [-0.1, -0.05) is 18.2 Å². The van der Waals surface area contributed by atoms with E-state index in [2.05, 4.69) is 15.0 Å². The highest BCUT2D eigenvalue weighted by atomic mass is 32.2. The summed E-state index contributed by atoms with van der Waals surface area (Å²) in [6.45, 7) is 0.744. The SMILES string of the molecule is COc1ccc(CCNc2ccc(NS(=O)(=O)c3cccs3)nc2)cc1. The molecule has 0 radical (unpaired) electrons. The normalized spacial score (nSPS) is 11.1. The number of hydrogen-bond acceptors (Lipinski definition) is 6. The van der Waals surface area contributed by atoms with E-state index in [1.165, 1.54) is 16.9 Å². The first kappa shape index (κ1) is 18.2. The van der Waals surface area contributed by atoms with Gasteiger partial charge in [-0.25, -0.2) is 13.4 Å². The second-order valence-electron chi connectivity index (χ2n) is 5.49. The molecule has 0 saturated heterocycles. The van der Waals surface area contributed by atoms with Crippen LogP contribution in [-0.2, 0) is 16.4 Å². The van der Waals surface area contributed by atoms with Crippen LogP contribution in [0.5, 0.6) is 5.75 Å². The highest BCUT2D eigenvalue weighted by Crippen LogP contribution is 2.20. The van der Waals surface area contributed by atoms with E-state index in [0.717, 1.165) is 24.4 Å². The monoisotopic (exact) mass is 389 g/mol. The minimum absolute atomic E-state index is 0.265. The van der Waals surface area contributed by atoms with Gasteiger partial charge in [0.2, 0.25) is 0 Å². The van der Waals surface area contributed by atoms with Gasteiger partial charge in [0.15, 0.2) is 0 Å².